The summed E-state index contributed by atoms with van der Waals surface area (Å²) in [5.41, 5.74) is 2.61. The molecule has 13 atom stereocenters. The van der Waals surface area contributed by atoms with Crippen LogP contribution in [0.4, 0.5) is 0 Å². The van der Waals surface area contributed by atoms with Gasteiger partial charge in [-0.15, -0.1) is 0 Å². The lowest BCUT2D eigenvalue weighted by atomic mass is 9.41. The summed E-state index contributed by atoms with van der Waals surface area (Å²) in [5, 5.41) is 22.5. The van der Waals surface area contributed by atoms with Crippen LogP contribution in [0.1, 0.15) is 114 Å². The Morgan fingerprint density at radius 3 is 2.36 bits per heavy atom. The van der Waals surface area contributed by atoms with Gasteiger partial charge in [0, 0.05) is 0 Å². The predicted octanol–water partition coefficient (Wildman–Crippen LogP) is 7.23. The largest absolute Gasteiger partial charge is 0.465 e. The van der Waals surface area contributed by atoms with E-state index in [9.17, 15) is 15.0 Å². The lowest BCUT2D eigenvalue weighted by molar-refractivity contribution is -0.203. The van der Waals surface area contributed by atoms with Gasteiger partial charge in [0.15, 0.2) is 0 Å². The Labute approximate surface area is 236 Å². The Kier molecular flexibility index (Phi) is 7.23. The van der Waals surface area contributed by atoms with Crippen LogP contribution in [0.5, 0.6) is 0 Å². The van der Waals surface area contributed by atoms with Gasteiger partial charge in [-0.3, -0.25) is 0 Å². The molecule has 4 nitrogen and oxygen atoms in total. The van der Waals surface area contributed by atoms with E-state index in [2.05, 4.69) is 39.8 Å². The number of methoxy groups -OCH3 is 1. The summed E-state index contributed by atoms with van der Waals surface area (Å²) in [5.74, 6) is 5.06. The van der Waals surface area contributed by atoms with Gasteiger partial charge in [0.1, 0.15) is 0 Å². The molecule has 0 aromatic heterocycles. The van der Waals surface area contributed by atoms with Gasteiger partial charge >= 0.3 is 5.97 Å². The van der Waals surface area contributed by atoms with Crippen molar-refractivity contribution in [3.63, 3.8) is 0 Å². The van der Waals surface area contributed by atoms with Crippen molar-refractivity contribution in [2.24, 2.45) is 58.2 Å². The highest BCUT2D eigenvalue weighted by Crippen LogP contribution is 2.70. The second-order valence-corrected chi connectivity index (χ2v) is 15.1. The summed E-state index contributed by atoms with van der Waals surface area (Å²) in [7, 11) is 1.43. The molecule has 4 heteroatoms. The summed E-state index contributed by atoms with van der Waals surface area (Å²) >= 11 is 0. The number of aliphatic hydroxyl groups excluding tert-OH is 2. The van der Waals surface area contributed by atoms with E-state index in [0.29, 0.717) is 52.4 Å². The van der Waals surface area contributed by atoms with Crippen molar-refractivity contribution in [1.82, 2.24) is 0 Å². The zero-order chi connectivity index (χ0) is 27.7. The maximum Gasteiger partial charge on any atom is 0.337 e. The van der Waals surface area contributed by atoms with E-state index in [-0.39, 0.29) is 23.6 Å². The second kappa shape index (κ2) is 10.2. The number of rotatable bonds is 6. The van der Waals surface area contributed by atoms with Crippen LogP contribution in [0.15, 0.2) is 24.3 Å². The first-order valence-corrected chi connectivity index (χ1v) is 16.2. The van der Waals surface area contributed by atoms with E-state index in [1.54, 1.807) is 0 Å². The number of carbonyl (C=O) groups excluding carboxylic acids is 1. The van der Waals surface area contributed by atoms with Crippen molar-refractivity contribution in [3.8, 4) is 0 Å². The number of carbonyl (C=O) groups is 1. The molecule has 5 aliphatic rings. The number of aliphatic hydroxyl groups is 2. The highest BCUT2D eigenvalue weighted by atomic mass is 16.5. The molecule has 1 aromatic carbocycles. The summed E-state index contributed by atoms with van der Waals surface area (Å²) in [6.07, 6.45) is 11.4. The van der Waals surface area contributed by atoms with E-state index >= 15 is 0 Å². The van der Waals surface area contributed by atoms with E-state index in [1.807, 2.05) is 12.1 Å². The third-order valence-electron chi connectivity index (χ3n) is 13.5. The van der Waals surface area contributed by atoms with Crippen molar-refractivity contribution >= 4 is 5.97 Å². The zero-order valence-corrected chi connectivity index (χ0v) is 24.9. The zero-order valence-electron chi connectivity index (χ0n) is 24.9. The maximum atomic E-state index is 12.0. The molecule has 0 saturated heterocycles. The molecule has 0 amide bonds. The molecule has 0 spiro atoms. The molecule has 6 unspecified atom stereocenters. The van der Waals surface area contributed by atoms with Crippen LogP contribution in [0.25, 0.3) is 0 Å². The number of esters is 1. The third kappa shape index (κ3) is 4.42. The number of hydrogen-bond acceptors (Lipinski definition) is 4. The van der Waals surface area contributed by atoms with Gasteiger partial charge in [0.2, 0.25) is 0 Å². The molecule has 1 aromatic rings. The van der Waals surface area contributed by atoms with E-state index < -0.39 is 0 Å². The van der Waals surface area contributed by atoms with E-state index in [4.69, 9.17) is 4.74 Å². The summed E-state index contributed by atoms with van der Waals surface area (Å²) < 4.78 is 4.86. The van der Waals surface area contributed by atoms with Gasteiger partial charge < -0.3 is 14.9 Å². The Morgan fingerprint density at radius 2 is 1.67 bits per heavy atom. The van der Waals surface area contributed by atoms with Crippen LogP contribution < -0.4 is 0 Å². The summed E-state index contributed by atoms with van der Waals surface area (Å²) in [6.45, 7) is 9.93. The molecular weight excluding hydrogens is 484 g/mol. The lowest BCUT2D eigenvalue weighted by Gasteiger charge is -2.64. The molecule has 0 radical (unpaired) electrons. The lowest BCUT2D eigenvalue weighted by Crippen LogP contribution is -2.62. The standard InChI is InChI=1S/C35H52O4/c1-6-25-30-19-24(36)13-15-35(30,4)29-14-16-34(3)27(11-12-28(34)31(29)32(25)37)20(2)17-23-18-26(23)21-7-9-22(10-8-21)33(38)39-5/h7-10,20,23-32,36-37H,6,11-19H2,1-5H3/t20-,23?,24-,25-,26?,27-,28?,29?,30+,31?,32?,34-,35-/m1/s1. The first kappa shape index (κ1) is 27.8. The van der Waals surface area contributed by atoms with Gasteiger partial charge in [-0.2, -0.15) is 0 Å². The summed E-state index contributed by atoms with van der Waals surface area (Å²) in [4.78, 5) is 11.8. The minimum Gasteiger partial charge on any atom is -0.465 e. The highest BCUT2D eigenvalue weighted by Gasteiger charge is 2.65. The van der Waals surface area contributed by atoms with Gasteiger partial charge in [-0.25, -0.2) is 4.79 Å². The number of hydrogen-bond donors (Lipinski definition) is 2. The molecular formula is C35H52O4. The van der Waals surface area contributed by atoms with Crippen molar-refractivity contribution in [1.29, 1.82) is 0 Å². The minimum absolute atomic E-state index is 0.177. The first-order valence-electron chi connectivity index (χ1n) is 16.2. The molecule has 5 saturated carbocycles. The normalized spacial score (nSPS) is 47.5. The van der Waals surface area contributed by atoms with Crippen molar-refractivity contribution in [2.75, 3.05) is 7.11 Å². The molecule has 5 fully saturated rings. The Balaban J connectivity index is 1.15. The van der Waals surface area contributed by atoms with Crippen LogP contribution in [0.2, 0.25) is 0 Å². The topological polar surface area (TPSA) is 66.8 Å². The first-order chi connectivity index (χ1) is 18.6. The second-order valence-electron chi connectivity index (χ2n) is 15.1. The quantitative estimate of drug-likeness (QED) is 0.376. The van der Waals surface area contributed by atoms with Crippen LogP contribution in [-0.4, -0.2) is 35.5 Å². The van der Waals surface area contributed by atoms with Gasteiger partial charge in [0.25, 0.3) is 0 Å². The van der Waals surface area contributed by atoms with Gasteiger partial charge in [-0.1, -0.05) is 46.2 Å². The number of ether oxygens (including phenoxy) is 1. The maximum absolute atomic E-state index is 12.0. The predicted molar refractivity (Wildman–Crippen MR) is 154 cm³/mol. The fourth-order valence-electron chi connectivity index (χ4n) is 11.5. The van der Waals surface area contributed by atoms with Gasteiger partial charge in [0.05, 0.1) is 24.9 Å². The summed E-state index contributed by atoms with van der Waals surface area (Å²) in [6, 6.07) is 8.08. The fourth-order valence-corrected chi connectivity index (χ4v) is 11.5. The van der Waals surface area contributed by atoms with E-state index in [0.717, 1.165) is 37.5 Å². The molecule has 0 heterocycles. The molecule has 0 aliphatic heterocycles. The van der Waals surface area contributed by atoms with E-state index in [1.165, 1.54) is 51.2 Å². The average Bonchev–Trinajstić information content (AvgIpc) is 3.60. The average molecular weight is 537 g/mol. The Morgan fingerprint density at radius 1 is 0.974 bits per heavy atom. The molecule has 5 aliphatic carbocycles. The number of fused-ring (bicyclic) bond motifs is 5. The fraction of sp³-hybridized carbons (Fsp3) is 0.800. The third-order valence-corrected chi connectivity index (χ3v) is 13.5. The number of benzene rings is 1. The SMILES string of the molecule is CC[C@H]1C(O)C2C3CC[C@H]([C@H](C)CC4CC4c4ccc(C(=O)OC)cc4)[C@@]3(C)CCC2[C@@]2(C)CC[C@@H](O)C[C@@H]12. The van der Waals surface area contributed by atoms with Crippen LogP contribution in [0, 0.1) is 58.2 Å². The van der Waals surface area contributed by atoms with Crippen LogP contribution >= 0.6 is 0 Å². The van der Waals surface area contributed by atoms with Gasteiger partial charge in [-0.05, 0) is 140 Å². The smallest absolute Gasteiger partial charge is 0.337 e. The minimum atomic E-state index is -0.264. The Hall–Kier alpha value is -1.39. The molecule has 0 bridgehead atoms. The monoisotopic (exact) mass is 536 g/mol. The molecule has 39 heavy (non-hydrogen) atoms. The van der Waals surface area contributed by atoms with Crippen molar-refractivity contribution < 1.29 is 19.7 Å². The molecule has 2 N–H and O–H groups in total. The Bertz CT molecular complexity index is 1050. The van der Waals surface area contributed by atoms with Crippen molar-refractivity contribution in [2.45, 2.75) is 110 Å². The molecule has 6 rings (SSSR count). The molecule has 216 valence electrons. The highest BCUT2D eigenvalue weighted by molar-refractivity contribution is 5.89. The van der Waals surface area contributed by atoms with Crippen LogP contribution in [-0.2, 0) is 4.74 Å². The van der Waals surface area contributed by atoms with Crippen LogP contribution in [0.3, 0.4) is 0 Å². The van der Waals surface area contributed by atoms with Crippen molar-refractivity contribution in [3.05, 3.63) is 35.4 Å².